The number of nitrogens with one attached hydrogen (secondary N) is 1. The van der Waals surface area contributed by atoms with Gasteiger partial charge in [-0.1, -0.05) is 48.0 Å². The van der Waals surface area contributed by atoms with Gasteiger partial charge in [-0.2, -0.15) is 0 Å². The SMILES string of the molecule is COC(=O)C(Cc1ccc(OCc2cccc(F)c2)cc1)NC(=O)c1cn2ccc(-c3ccc(Cl)cc3)cc2n1. The zero-order chi connectivity index (χ0) is 28.1. The standard InChI is InChI=1S/C31H25ClFN3O4/c1-39-31(38)27(16-20-5-11-26(12-6-20)40-19-21-3-2-4-25(33)15-21)35-30(37)28-18-36-14-13-23(17-29(36)34-28)22-7-9-24(32)10-8-22/h2-15,17-18,27H,16,19H2,1H3,(H,35,37). The van der Waals surface area contributed by atoms with E-state index < -0.39 is 17.9 Å². The summed E-state index contributed by atoms with van der Waals surface area (Å²) in [5.41, 5.74) is 4.15. The maximum Gasteiger partial charge on any atom is 0.328 e. The molecule has 1 unspecified atom stereocenters. The number of methoxy groups -OCH3 is 1. The number of aromatic nitrogens is 2. The smallest absolute Gasteiger partial charge is 0.328 e. The van der Waals surface area contributed by atoms with Gasteiger partial charge in [0.05, 0.1) is 7.11 Å². The first-order chi connectivity index (χ1) is 19.4. The molecule has 202 valence electrons. The van der Waals surface area contributed by atoms with Gasteiger partial charge in [-0.05, 0) is 70.8 Å². The molecule has 0 aliphatic heterocycles. The average Bonchev–Trinajstić information content (AvgIpc) is 3.40. The van der Waals surface area contributed by atoms with Crippen LogP contribution in [0.25, 0.3) is 16.8 Å². The van der Waals surface area contributed by atoms with Gasteiger partial charge in [0.15, 0.2) is 0 Å². The van der Waals surface area contributed by atoms with Gasteiger partial charge in [0.25, 0.3) is 5.91 Å². The van der Waals surface area contributed by atoms with E-state index in [4.69, 9.17) is 21.1 Å². The number of amides is 1. The predicted octanol–water partition coefficient (Wildman–Crippen LogP) is 5.89. The summed E-state index contributed by atoms with van der Waals surface area (Å²) in [6, 6.07) is 23.6. The Labute approximate surface area is 235 Å². The maximum absolute atomic E-state index is 13.4. The highest BCUT2D eigenvalue weighted by atomic mass is 35.5. The van der Waals surface area contributed by atoms with E-state index in [0.717, 1.165) is 16.7 Å². The fourth-order valence-corrected chi connectivity index (χ4v) is 4.36. The summed E-state index contributed by atoms with van der Waals surface area (Å²) in [5.74, 6) is -0.802. The third-order valence-electron chi connectivity index (χ3n) is 6.32. The van der Waals surface area contributed by atoms with Gasteiger partial charge in [-0.3, -0.25) is 4.79 Å². The Morgan fingerprint density at radius 1 is 0.975 bits per heavy atom. The molecule has 0 fully saturated rings. The number of fused-ring (bicyclic) bond motifs is 1. The number of pyridine rings is 1. The molecular formula is C31H25ClFN3O4. The van der Waals surface area contributed by atoms with E-state index in [0.29, 0.717) is 22.0 Å². The Bertz CT molecular complexity index is 1650. The molecule has 1 amide bonds. The van der Waals surface area contributed by atoms with Crippen LogP contribution in [0.15, 0.2) is 97.3 Å². The summed E-state index contributed by atoms with van der Waals surface area (Å²) in [6.07, 6.45) is 3.63. The topological polar surface area (TPSA) is 81.9 Å². The van der Waals surface area contributed by atoms with Crippen LogP contribution in [0.5, 0.6) is 5.75 Å². The molecule has 0 saturated carbocycles. The number of hydrogen-bond donors (Lipinski definition) is 1. The number of carbonyl (C=O) groups is 2. The molecule has 3 aromatic carbocycles. The fourth-order valence-electron chi connectivity index (χ4n) is 4.23. The van der Waals surface area contributed by atoms with E-state index in [-0.39, 0.29) is 24.5 Å². The van der Waals surface area contributed by atoms with Crippen LogP contribution in [0.4, 0.5) is 4.39 Å². The number of rotatable bonds is 9. The van der Waals surface area contributed by atoms with Gasteiger partial charge in [0, 0.05) is 23.8 Å². The maximum atomic E-state index is 13.4. The van der Waals surface area contributed by atoms with Crippen molar-refractivity contribution in [1.82, 2.24) is 14.7 Å². The molecule has 0 radical (unpaired) electrons. The molecule has 0 saturated heterocycles. The summed E-state index contributed by atoms with van der Waals surface area (Å²) >= 11 is 5.99. The Kier molecular flexibility index (Phi) is 8.07. The minimum atomic E-state index is -0.925. The molecule has 2 aromatic heterocycles. The molecule has 5 aromatic rings. The lowest BCUT2D eigenvalue weighted by Crippen LogP contribution is -2.43. The van der Waals surface area contributed by atoms with E-state index >= 15 is 0 Å². The summed E-state index contributed by atoms with van der Waals surface area (Å²) in [4.78, 5) is 30.0. The van der Waals surface area contributed by atoms with Crippen molar-refractivity contribution in [3.8, 4) is 16.9 Å². The number of imidazole rings is 1. The first kappa shape index (κ1) is 26.9. The average molecular weight is 558 g/mol. The fraction of sp³-hybridized carbons (Fsp3) is 0.129. The number of ether oxygens (including phenoxy) is 2. The Morgan fingerprint density at radius 2 is 1.75 bits per heavy atom. The highest BCUT2D eigenvalue weighted by Crippen LogP contribution is 2.23. The highest BCUT2D eigenvalue weighted by Gasteiger charge is 2.24. The van der Waals surface area contributed by atoms with Crippen LogP contribution in [-0.4, -0.2) is 34.4 Å². The van der Waals surface area contributed by atoms with E-state index in [2.05, 4.69) is 10.3 Å². The molecule has 0 spiro atoms. The number of benzene rings is 3. The number of halogens is 2. The second kappa shape index (κ2) is 12.0. The van der Waals surface area contributed by atoms with Crippen molar-refractivity contribution in [3.05, 3.63) is 125 Å². The van der Waals surface area contributed by atoms with Crippen LogP contribution in [0.2, 0.25) is 5.02 Å². The largest absolute Gasteiger partial charge is 0.489 e. The van der Waals surface area contributed by atoms with Gasteiger partial charge in [0.2, 0.25) is 0 Å². The van der Waals surface area contributed by atoms with Crippen molar-refractivity contribution >= 4 is 29.1 Å². The van der Waals surface area contributed by atoms with Crippen LogP contribution in [0, 0.1) is 5.82 Å². The number of carbonyl (C=O) groups excluding carboxylic acids is 2. The molecule has 9 heteroatoms. The third kappa shape index (κ3) is 6.47. The molecule has 5 rings (SSSR count). The Morgan fingerprint density at radius 3 is 2.48 bits per heavy atom. The number of hydrogen-bond acceptors (Lipinski definition) is 5. The minimum absolute atomic E-state index is 0.170. The monoisotopic (exact) mass is 557 g/mol. The molecule has 0 aliphatic rings. The molecular weight excluding hydrogens is 533 g/mol. The predicted molar refractivity (Wildman–Crippen MR) is 150 cm³/mol. The van der Waals surface area contributed by atoms with E-state index in [1.54, 1.807) is 47.0 Å². The number of nitrogens with zero attached hydrogens (tertiary/aromatic N) is 2. The minimum Gasteiger partial charge on any atom is -0.489 e. The van der Waals surface area contributed by atoms with Crippen molar-refractivity contribution in [1.29, 1.82) is 0 Å². The van der Waals surface area contributed by atoms with Crippen molar-refractivity contribution < 1.29 is 23.5 Å². The molecule has 40 heavy (non-hydrogen) atoms. The molecule has 0 aliphatic carbocycles. The summed E-state index contributed by atoms with van der Waals surface area (Å²) in [6.45, 7) is 0.220. The van der Waals surface area contributed by atoms with Gasteiger partial charge >= 0.3 is 5.97 Å². The summed E-state index contributed by atoms with van der Waals surface area (Å²) < 4.78 is 25.8. The van der Waals surface area contributed by atoms with E-state index in [9.17, 15) is 14.0 Å². The lowest BCUT2D eigenvalue weighted by Gasteiger charge is -2.16. The molecule has 1 atom stereocenters. The molecule has 0 bridgehead atoms. The van der Waals surface area contributed by atoms with Crippen LogP contribution < -0.4 is 10.1 Å². The van der Waals surface area contributed by atoms with Gasteiger partial charge in [-0.15, -0.1) is 0 Å². The van der Waals surface area contributed by atoms with Crippen molar-refractivity contribution in [2.75, 3.05) is 7.11 Å². The number of esters is 1. The summed E-state index contributed by atoms with van der Waals surface area (Å²) in [5, 5.41) is 3.39. The first-order valence-corrected chi connectivity index (χ1v) is 12.9. The molecule has 7 nitrogen and oxygen atoms in total. The quantitative estimate of drug-likeness (QED) is 0.229. The van der Waals surface area contributed by atoms with E-state index in [1.165, 1.54) is 19.2 Å². The zero-order valence-electron chi connectivity index (χ0n) is 21.5. The first-order valence-electron chi connectivity index (χ1n) is 12.5. The van der Waals surface area contributed by atoms with Crippen molar-refractivity contribution in [3.63, 3.8) is 0 Å². The second-order valence-corrected chi connectivity index (χ2v) is 9.57. The normalized spacial score (nSPS) is 11.7. The lowest BCUT2D eigenvalue weighted by atomic mass is 10.1. The van der Waals surface area contributed by atoms with Gasteiger partial charge in [0.1, 0.15) is 35.6 Å². The second-order valence-electron chi connectivity index (χ2n) is 9.13. The van der Waals surface area contributed by atoms with Crippen molar-refractivity contribution in [2.24, 2.45) is 0 Å². The van der Waals surface area contributed by atoms with Crippen LogP contribution in [0.1, 0.15) is 21.6 Å². The molecule has 1 N–H and O–H groups in total. The summed E-state index contributed by atoms with van der Waals surface area (Å²) in [7, 11) is 1.27. The zero-order valence-corrected chi connectivity index (χ0v) is 22.3. The van der Waals surface area contributed by atoms with E-state index in [1.807, 2.05) is 42.6 Å². The van der Waals surface area contributed by atoms with Crippen LogP contribution >= 0.6 is 11.6 Å². The van der Waals surface area contributed by atoms with Crippen LogP contribution in [-0.2, 0) is 22.6 Å². The van der Waals surface area contributed by atoms with Gasteiger partial charge in [-0.25, -0.2) is 14.2 Å². The highest BCUT2D eigenvalue weighted by molar-refractivity contribution is 6.30. The third-order valence-corrected chi connectivity index (χ3v) is 6.57. The lowest BCUT2D eigenvalue weighted by molar-refractivity contribution is -0.142. The van der Waals surface area contributed by atoms with Crippen LogP contribution in [0.3, 0.4) is 0 Å². The Hall–Kier alpha value is -4.69. The van der Waals surface area contributed by atoms with Gasteiger partial charge < -0.3 is 19.2 Å². The Balaban J connectivity index is 1.25. The van der Waals surface area contributed by atoms with Crippen molar-refractivity contribution in [2.45, 2.75) is 19.1 Å². The molecule has 2 heterocycles.